The molecule has 1 rings (SSSR count). The lowest BCUT2D eigenvalue weighted by molar-refractivity contribution is -0.119. The Balaban J connectivity index is 2.18. The van der Waals surface area contributed by atoms with Gasteiger partial charge in [-0.15, -0.1) is 0 Å². The zero-order valence-corrected chi connectivity index (χ0v) is 10.9. The van der Waals surface area contributed by atoms with E-state index in [2.05, 4.69) is 6.92 Å². The lowest BCUT2D eigenvalue weighted by atomic mass is 10.1. The Kier molecular flexibility index (Phi) is 6.56. The minimum Gasteiger partial charge on any atom is -0.381 e. The second-order valence-corrected chi connectivity index (χ2v) is 4.42. The van der Waals surface area contributed by atoms with Gasteiger partial charge in [0.2, 0.25) is 0 Å². The molecule has 2 heteroatoms. The highest BCUT2D eigenvalue weighted by Crippen LogP contribution is 2.05. The van der Waals surface area contributed by atoms with E-state index in [1.807, 2.05) is 31.2 Å². The van der Waals surface area contributed by atoms with Gasteiger partial charge in [0.15, 0.2) is 0 Å². The fourth-order valence-corrected chi connectivity index (χ4v) is 1.56. The zero-order valence-electron chi connectivity index (χ0n) is 10.9. The molecule has 0 atom stereocenters. The Morgan fingerprint density at radius 2 is 1.88 bits per heavy atom. The molecule has 17 heavy (non-hydrogen) atoms. The van der Waals surface area contributed by atoms with Crippen molar-refractivity contribution in [1.29, 1.82) is 0 Å². The summed E-state index contributed by atoms with van der Waals surface area (Å²) in [5.41, 5.74) is 2.32. The van der Waals surface area contributed by atoms with Crippen LogP contribution < -0.4 is 0 Å². The minimum atomic E-state index is 0.255. The van der Waals surface area contributed by atoms with Gasteiger partial charge in [-0.05, 0) is 18.9 Å². The summed E-state index contributed by atoms with van der Waals surface area (Å²) in [6.45, 7) is 5.51. The number of ether oxygens (including phenoxy) is 1. The molecule has 0 saturated heterocycles. The summed E-state index contributed by atoms with van der Waals surface area (Å²) in [5.74, 6) is 0.255. The van der Waals surface area contributed by atoms with Crippen molar-refractivity contribution in [3.8, 4) is 0 Å². The normalized spacial score (nSPS) is 10.5. The largest absolute Gasteiger partial charge is 0.381 e. The van der Waals surface area contributed by atoms with Gasteiger partial charge in [-0.3, -0.25) is 4.79 Å². The molecule has 0 aliphatic heterocycles. The van der Waals surface area contributed by atoms with Crippen molar-refractivity contribution in [2.45, 2.75) is 39.5 Å². The molecule has 0 aliphatic rings. The molecule has 0 radical (unpaired) electrons. The number of aryl methyl sites for hydroxylation is 1. The van der Waals surface area contributed by atoms with Crippen molar-refractivity contribution >= 4 is 5.78 Å². The van der Waals surface area contributed by atoms with Crippen molar-refractivity contribution in [3.05, 3.63) is 35.4 Å². The molecule has 1 aromatic carbocycles. The first-order valence-corrected chi connectivity index (χ1v) is 6.37. The Morgan fingerprint density at radius 1 is 1.18 bits per heavy atom. The second kappa shape index (κ2) is 8.02. The molecule has 0 spiro atoms. The van der Waals surface area contributed by atoms with E-state index in [9.17, 15) is 4.79 Å². The van der Waals surface area contributed by atoms with Crippen LogP contribution in [0.4, 0.5) is 0 Å². The van der Waals surface area contributed by atoms with Gasteiger partial charge in [-0.25, -0.2) is 0 Å². The van der Waals surface area contributed by atoms with E-state index in [1.54, 1.807) is 0 Å². The molecule has 0 fully saturated rings. The predicted molar refractivity (Wildman–Crippen MR) is 70.2 cm³/mol. The van der Waals surface area contributed by atoms with Crippen molar-refractivity contribution in [3.63, 3.8) is 0 Å². The quantitative estimate of drug-likeness (QED) is 0.645. The number of rotatable bonds is 8. The fourth-order valence-electron chi connectivity index (χ4n) is 1.56. The highest BCUT2D eigenvalue weighted by atomic mass is 16.5. The van der Waals surface area contributed by atoms with Gasteiger partial charge in [-0.1, -0.05) is 43.2 Å². The Morgan fingerprint density at radius 3 is 2.53 bits per heavy atom. The van der Waals surface area contributed by atoms with Crippen LogP contribution in [0.2, 0.25) is 0 Å². The number of ketones is 1. The first-order valence-electron chi connectivity index (χ1n) is 6.37. The van der Waals surface area contributed by atoms with Crippen LogP contribution in [-0.4, -0.2) is 19.0 Å². The third kappa shape index (κ3) is 6.22. The highest BCUT2D eigenvalue weighted by Gasteiger charge is 2.03. The Bertz CT molecular complexity index is 327. The van der Waals surface area contributed by atoms with Gasteiger partial charge in [0.25, 0.3) is 0 Å². The highest BCUT2D eigenvalue weighted by molar-refractivity contribution is 5.80. The van der Waals surface area contributed by atoms with E-state index >= 15 is 0 Å². The fraction of sp³-hybridized carbons (Fsp3) is 0.533. The van der Waals surface area contributed by atoms with Crippen LogP contribution in [0.5, 0.6) is 0 Å². The first kappa shape index (κ1) is 13.9. The molecule has 0 bridgehead atoms. The lowest BCUT2D eigenvalue weighted by Gasteiger charge is -2.03. The van der Waals surface area contributed by atoms with Gasteiger partial charge >= 0.3 is 0 Å². The number of Topliss-reactive ketones (excluding diaryl/α,β-unsaturated/α-hetero) is 1. The standard InChI is InChI=1S/C15H22O2/c1-3-4-10-17-11-9-15(16)12-14-7-5-13(2)6-8-14/h5-8H,3-4,9-12H2,1-2H3. The molecular weight excluding hydrogens is 212 g/mol. The van der Waals surface area contributed by atoms with Crippen molar-refractivity contribution in [1.82, 2.24) is 0 Å². The van der Waals surface area contributed by atoms with Gasteiger partial charge in [-0.2, -0.15) is 0 Å². The van der Waals surface area contributed by atoms with Gasteiger partial charge in [0, 0.05) is 19.4 Å². The monoisotopic (exact) mass is 234 g/mol. The average Bonchev–Trinajstić information content (AvgIpc) is 2.32. The molecule has 0 saturated carbocycles. The van der Waals surface area contributed by atoms with Crippen LogP contribution >= 0.6 is 0 Å². The molecule has 0 heterocycles. The van der Waals surface area contributed by atoms with Gasteiger partial charge < -0.3 is 4.74 Å². The molecule has 1 aromatic rings. The van der Waals surface area contributed by atoms with Crippen molar-refractivity contribution < 1.29 is 9.53 Å². The molecule has 0 aromatic heterocycles. The van der Waals surface area contributed by atoms with E-state index in [0.29, 0.717) is 19.4 Å². The van der Waals surface area contributed by atoms with E-state index in [1.165, 1.54) is 5.56 Å². The topological polar surface area (TPSA) is 26.3 Å². The van der Waals surface area contributed by atoms with Gasteiger partial charge in [0.05, 0.1) is 6.61 Å². The third-order valence-corrected chi connectivity index (χ3v) is 2.69. The summed E-state index contributed by atoms with van der Waals surface area (Å²) in [6, 6.07) is 8.12. The predicted octanol–water partition coefficient (Wildman–Crippen LogP) is 3.31. The molecular formula is C15H22O2. The molecule has 94 valence electrons. The van der Waals surface area contributed by atoms with Crippen LogP contribution in [0.1, 0.15) is 37.3 Å². The molecule has 0 unspecified atom stereocenters. The van der Waals surface area contributed by atoms with Crippen LogP contribution in [0.25, 0.3) is 0 Å². The zero-order chi connectivity index (χ0) is 12.5. The second-order valence-electron chi connectivity index (χ2n) is 4.42. The van der Waals surface area contributed by atoms with Crippen LogP contribution in [0, 0.1) is 6.92 Å². The van der Waals surface area contributed by atoms with E-state index in [-0.39, 0.29) is 5.78 Å². The van der Waals surface area contributed by atoms with Crippen LogP contribution in [0.15, 0.2) is 24.3 Å². The van der Waals surface area contributed by atoms with Crippen molar-refractivity contribution in [2.75, 3.05) is 13.2 Å². The SMILES string of the molecule is CCCCOCCC(=O)Cc1ccc(C)cc1. The maximum Gasteiger partial charge on any atom is 0.139 e. The van der Waals surface area contributed by atoms with E-state index in [0.717, 1.165) is 25.0 Å². The van der Waals surface area contributed by atoms with Crippen LogP contribution in [0.3, 0.4) is 0 Å². The Labute approximate surface area is 104 Å². The number of benzene rings is 1. The van der Waals surface area contributed by atoms with Crippen molar-refractivity contribution in [2.24, 2.45) is 0 Å². The number of hydrogen-bond donors (Lipinski definition) is 0. The number of carbonyl (C=O) groups is 1. The maximum atomic E-state index is 11.7. The molecule has 0 amide bonds. The van der Waals surface area contributed by atoms with E-state index in [4.69, 9.17) is 4.74 Å². The Hall–Kier alpha value is -1.15. The summed E-state index contributed by atoms with van der Waals surface area (Å²) in [7, 11) is 0. The maximum absolute atomic E-state index is 11.7. The summed E-state index contributed by atoms with van der Waals surface area (Å²) in [5, 5.41) is 0. The summed E-state index contributed by atoms with van der Waals surface area (Å²) in [6.07, 6.45) is 3.26. The molecule has 2 nitrogen and oxygen atoms in total. The first-order chi connectivity index (χ1) is 8.22. The summed E-state index contributed by atoms with van der Waals surface area (Å²) >= 11 is 0. The number of carbonyl (C=O) groups excluding carboxylic acids is 1. The van der Waals surface area contributed by atoms with E-state index < -0.39 is 0 Å². The molecule has 0 N–H and O–H groups in total. The number of hydrogen-bond acceptors (Lipinski definition) is 2. The summed E-state index contributed by atoms with van der Waals surface area (Å²) < 4.78 is 5.38. The minimum absolute atomic E-state index is 0.255. The third-order valence-electron chi connectivity index (χ3n) is 2.69. The summed E-state index contributed by atoms with van der Waals surface area (Å²) in [4.78, 5) is 11.7. The van der Waals surface area contributed by atoms with Crippen LogP contribution in [-0.2, 0) is 16.0 Å². The molecule has 0 aliphatic carbocycles. The number of unbranched alkanes of at least 4 members (excludes halogenated alkanes) is 1. The van der Waals surface area contributed by atoms with Gasteiger partial charge in [0.1, 0.15) is 5.78 Å². The lowest BCUT2D eigenvalue weighted by Crippen LogP contribution is -2.07. The average molecular weight is 234 g/mol. The smallest absolute Gasteiger partial charge is 0.139 e.